The quantitative estimate of drug-likeness (QED) is 0.417. The highest BCUT2D eigenvalue weighted by Gasteiger charge is 1.93. The molecule has 0 saturated heterocycles. The molecule has 9 heavy (non-hydrogen) atoms. The molecule has 0 aliphatic carbocycles. The zero-order chi connectivity index (χ0) is 7.11. The summed E-state index contributed by atoms with van der Waals surface area (Å²) >= 11 is 0. The van der Waals surface area contributed by atoms with Crippen molar-refractivity contribution < 1.29 is 0 Å². The second-order valence-corrected chi connectivity index (χ2v) is 2.69. The normalized spacial score (nSPS) is 13.7. The van der Waals surface area contributed by atoms with E-state index in [2.05, 4.69) is 22.5 Å². The summed E-state index contributed by atoms with van der Waals surface area (Å²) in [6, 6.07) is 1.52. The summed E-state index contributed by atoms with van der Waals surface area (Å²) in [5.74, 6) is 0. The van der Waals surface area contributed by atoms with E-state index in [4.69, 9.17) is 5.73 Å². The van der Waals surface area contributed by atoms with Gasteiger partial charge in [0.05, 0.1) is 0 Å². The first-order valence-electron chi connectivity index (χ1n) is 3.39. The highest BCUT2D eigenvalue weighted by molar-refractivity contribution is 6.08. The maximum Gasteiger partial charge on any atom is 0.0222 e. The monoisotopic (exact) mass is 143 g/mol. The van der Waals surface area contributed by atoms with Gasteiger partial charge in [0.25, 0.3) is 0 Å². The SMILES string of the molecule is CC(CN)NCCC[Si]. The van der Waals surface area contributed by atoms with Crippen LogP contribution in [0.15, 0.2) is 0 Å². The Kier molecular flexibility index (Phi) is 6.35. The molecule has 3 N–H and O–H groups in total. The molecule has 0 amide bonds. The first-order chi connectivity index (χ1) is 4.31. The largest absolute Gasteiger partial charge is 0.329 e. The Bertz CT molecular complexity index is 59.0. The van der Waals surface area contributed by atoms with Gasteiger partial charge in [-0.05, 0) is 19.9 Å². The van der Waals surface area contributed by atoms with E-state index in [0.29, 0.717) is 6.04 Å². The molecule has 1 unspecified atom stereocenters. The van der Waals surface area contributed by atoms with Crippen molar-refractivity contribution in [2.24, 2.45) is 5.73 Å². The van der Waals surface area contributed by atoms with Gasteiger partial charge in [0.15, 0.2) is 0 Å². The van der Waals surface area contributed by atoms with Crippen molar-refractivity contribution in [3.8, 4) is 0 Å². The summed E-state index contributed by atoms with van der Waals surface area (Å²) in [5.41, 5.74) is 5.38. The molecule has 53 valence electrons. The fraction of sp³-hybridized carbons (Fsp3) is 1.00. The molecule has 0 spiro atoms. The summed E-state index contributed by atoms with van der Waals surface area (Å²) < 4.78 is 0. The predicted molar refractivity (Wildman–Crippen MR) is 41.7 cm³/mol. The van der Waals surface area contributed by atoms with Gasteiger partial charge in [-0.25, -0.2) is 0 Å². The van der Waals surface area contributed by atoms with Gasteiger partial charge in [-0.2, -0.15) is 0 Å². The lowest BCUT2D eigenvalue weighted by molar-refractivity contribution is 0.554. The number of hydrogen-bond acceptors (Lipinski definition) is 2. The summed E-state index contributed by atoms with van der Waals surface area (Å²) in [4.78, 5) is 0. The van der Waals surface area contributed by atoms with Crippen LogP contribution in [0.3, 0.4) is 0 Å². The van der Waals surface area contributed by atoms with Crippen LogP contribution in [-0.2, 0) is 0 Å². The van der Waals surface area contributed by atoms with E-state index in [1.807, 2.05) is 0 Å². The molecule has 0 fully saturated rings. The molecule has 3 radical (unpaired) electrons. The third kappa shape index (κ3) is 6.02. The molecule has 0 aromatic heterocycles. The second kappa shape index (κ2) is 6.26. The van der Waals surface area contributed by atoms with Crippen LogP contribution in [0.4, 0.5) is 0 Å². The predicted octanol–water partition coefficient (Wildman–Crippen LogP) is -0.0999. The second-order valence-electron chi connectivity index (χ2n) is 2.19. The molecule has 0 aromatic carbocycles. The minimum Gasteiger partial charge on any atom is -0.329 e. The van der Waals surface area contributed by atoms with Crippen LogP contribution in [0, 0.1) is 0 Å². The topological polar surface area (TPSA) is 38.0 Å². The Morgan fingerprint density at radius 1 is 1.67 bits per heavy atom. The summed E-state index contributed by atoms with van der Waals surface area (Å²) in [5, 5.41) is 3.28. The molecular formula is C6H15N2Si. The fourth-order valence-electron chi connectivity index (χ4n) is 0.520. The Morgan fingerprint density at radius 3 is 2.78 bits per heavy atom. The van der Waals surface area contributed by atoms with Crippen LogP contribution in [0.25, 0.3) is 0 Å². The minimum absolute atomic E-state index is 0.461. The van der Waals surface area contributed by atoms with Crippen molar-refractivity contribution in [2.45, 2.75) is 25.4 Å². The number of rotatable bonds is 5. The van der Waals surface area contributed by atoms with Gasteiger partial charge < -0.3 is 11.1 Å². The van der Waals surface area contributed by atoms with Gasteiger partial charge in [0.1, 0.15) is 0 Å². The number of nitrogens with one attached hydrogen (secondary N) is 1. The van der Waals surface area contributed by atoms with Crippen LogP contribution >= 0.6 is 0 Å². The smallest absolute Gasteiger partial charge is 0.0222 e. The van der Waals surface area contributed by atoms with Gasteiger partial charge in [-0.1, -0.05) is 6.04 Å². The standard InChI is InChI=1S/C6H15N2Si/c1-6(5-7)8-3-2-4-9/h6,8H,2-5,7H2,1H3. The van der Waals surface area contributed by atoms with Gasteiger partial charge in [-0.3, -0.25) is 0 Å². The third-order valence-corrected chi connectivity index (χ3v) is 1.55. The molecule has 0 heterocycles. The van der Waals surface area contributed by atoms with Crippen molar-refractivity contribution in [3.05, 3.63) is 0 Å². The van der Waals surface area contributed by atoms with Gasteiger partial charge >= 0.3 is 0 Å². The Labute approximate surface area is 60.6 Å². The molecule has 0 rings (SSSR count). The molecule has 3 heteroatoms. The van der Waals surface area contributed by atoms with Crippen LogP contribution in [0.2, 0.25) is 6.04 Å². The van der Waals surface area contributed by atoms with Crippen molar-refractivity contribution >= 4 is 10.2 Å². The van der Waals surface area contributed by atoms with E-state index < -0.39 is 0 Å². The summed E-state index contributed by atoms with van der Waals surface area (Å²) in [6.07, 6.45) is 1.17. The van der Waals surface area contributed by atoms with Crippen LogP contribution < -0.4 is 11.1 Å². The molecular weight excluding hydrogens is 128 g/mol. The molecule has 1 atom stereocenters. The summed E-state index contributed by atoms with van der Waals surface area (Å²) in [6.45, 7) is 3.87. The lowest BCUT2D eigenvalue weighted by Gasteiger charge is -2.09. The Hall–Kier alpha value is 0.137. The molecule has 0 saturated carbocycles. The first-order valence-corrected chi connectivity index (χ1v) is 4.10. The van der Waals surface area contributed by atoms with Crippen LogP contribution in [-0.4, -0.2) is 29.4 Å². The highest BCUT2D eigenvalue weighted by Crippen LogP contribution is 1.82. The minimum atomic E-state index is 0.461. The highest BCUT2D eigenvalue weighted by atomic mass is 28.1. The fourth-order valence-corrected chi connectivity index (χ4v) is 0.697. The van der Waals surface area contributed by atoms with Crippen molar-refractivity contribution in [1.29, 1.82) is 0 Å². The number of hydrogen-bond donors (Lipinski definition) is 2. The van der Waals surface area contributed by atoms with E-state index in [9.17, 15) is 0 Å². The van der Waals surface area contributed by atoms with Gasteiger partial charge in [0, 0.05) is 22.8 Å². The maximum absolute atomic E-state index is 5.38. The Morgan fingerprint density at radius 2 is 2.33 bits per heavy atom. The van der Waals surface area contributed by atoms with Crippen molar-refractivity contribution in [3.63, 3.8) is 0 Å². The molecule has 2 nitrogen and oxygen atoms in total. The average molecular weight is 143 g/mol. The van der Waals surface area contributed by atoms with E-state index in [-0.39, 0.29) is 0 Å². The molecule has 0 bridgehead atoms. The Balaban J connectivity index is 2.88. The van der Waals surface area contributed by atoms with E-state index in [1.54, 1.807) is 0 Å². The van der Waals surface area contributed by atoms with E-state index in [1.165, 1.54) is 6.42 Å². The van der Waals surface area contributed by atoms with Crippen molar-refractivity contribution in [2.75, 3.05) is 13.1 Å². The molecule has 0 aromatic rings. The third-order valence-electron chi connectivity index (χ3n) is 1.20. The molecule has 0 aliphatic rings. The first kappa shape index (κ1) is 9.14. The lowest BCUT2D eigenvalue weighted by atomic mass is 10.3. The van der Waals surface area contributed by atoms with E-state index in [0.717, 1.165) is 19.1 Å². The van der Waals surface area contributed by atoms with E-state index >= 15 is 0 Å². The van der Waals surface area contributed by atoms with Gasteiger partial charge in [0.2, 0.25) is 0 Å². The summed E-state index contributed by atoms with van der Waals surface area (Å²) in [7, 11) is 3.39. The lowest BCUT2D eigenvalue weighted by Crippen LogP contribution is -2.33. The number of nitrogens with two attached hydrogens (primary N) is 1. The average Bonchev–Trinajstić information content (AvgIpc) is 1.89. The maximum atomic E-state index is 5.38. The zero-order valence-electron chi connectivity index (χ0n) is 5.98. The van der Waals surface area contributed by atoms with Crippen LogP contribution in [0.1, 0.15) is 13.3 Å². The van der Waals surface area contributed by atoms with Crippen LogP contribution in [0.5, 0.6) is 0 Å². The zero-order valence-corrected chi connectivity index (χ0v) is 6.98. The molecule has 0 aliphatic heterocycles. The van der Waals surface area contributed by atoms with Crippen molar-refractivity contribution in [1.82, 2.24) is 5.32 Å². The van der Waals surface area contributed by atoms with Gasteiger partial charge in [-0.15, -0.1) is 0 Å².